The van der Waals surface area contributed by atoms with Crippen molar-refractivity contribution >= 4 is 5.97 Å². The van der Waals surface area contributed by atoms with Crippen molar-refractivity contribution in [2.45, 2.75) is 123 Å². The highest BCUT2D eigenvalue weighted by Crippen LogP contribution is 2.14. The molecular formula is C21H43NO2. The molecule has 0 fully saturated rings. The molecule has 0 aromatic carbocycles. The summed E-state index contributed by atoms with van der Waals surface area (Å²) in [4.78, 5) is 10.7. The van der Waals surface area contributed by atoms with E-state index < -0.39 is 5.97 Å². The Kier molecular flexibility index (Phi) is 18.3. The van der Waals surface area contributed by atoms with Crippen molar-refractivity contribution in [3.63, 3.8) is 0 Å². The fourth-order valence-corrected chi connectivity index (χ4v) is 3.25. The molecule has 0 aliphatic heterocycles. The number of hydrogen-bond acceptors (Lipinski definition) is 2. The molecule has 24 heavy (non-hydrogen) atoms. The van der Waals surface area contributed by atoms with Gasteiger partial charge in [-0.05, 0) is 12.8 Å². The molecule has 0 spiro atoms. The summed E-state index contributed by atoms with van der Waals surface area (Å²) < 4.78 is 0. The van der Waals surface area contributed by atoms with Gasteiger partial charge in [0.2, 0.25) is 0 Å². The normalized spacial score (nSPS) is 12.4. The number of rotatable bonds is 19. The lowest BCUT2D eigenvalue weighted by molar-refractivity contribution is -0.136. The predicted molar refractivity (Wildman–Crippen MR) is 105 cm³/mol. The molecule has 0 bridgehead atoms. The molecule has 0 aromatic heterocycles. The van der Waals surface area contributed by atoms with Crippen LogP contribution < -0.4 is 5.32 Å². The third-order valence-corrected chi connectivity index (χ3v) is 4.83. The van der Waals surface area contributed by atoms with Crippen LogP contribution in [0.25, 0.3) is 0 Å². The Morgan fingerprint density at radius 3 is 1.58 bits per heavy atom. The van der Waals surface area contributed by atoms with Gasteiger partial charge in [-0.15, -0.1) is 0 Å². The van der Waals surface area contributed by atoms with Crippen LogP contribution in [0.2, 0.25) is 0 Å². The van der Waals surface area contributed by atoms with Gasteiger partial charge in [-0.25, -0.2) is 0 Å². The highest BCUT2D eigenvalue weighted by atomic mass is 16.4. The minimum atomic E-state index is -0.697. The molecule has 1 unspecified atom stereocenters. The first kappa shape index (κ1) is 23.4. The van der Waals surface area contributed by atoms with Crippen molar-refractivity contribution in [1.82, 2.24) is 5.32 Å². The van der Waals surface area contributed by atoms with Crippen LogP contribution in [0.4, 0.5) is 0 Å². The smallest absolute Gasteiger partial charge is 0.304 e. The van der Waals surface area contributed by atoms with Gasteiger partial charge in [0.05, 0.1) is 6.42 Å². The summed E-state index contributed by atoms with van der Waals surface area (Å²) in [5.74, 6) is -0.697. The SMILES string of the molecule is CCCCCCCCCC(CCCCCCCC)NCCC(=O)O. The van der Waals surface area contributed by atoms with E-state index in [9.17, 15) is 4.79 Å². The van der Waals surface area contributed by atoms with E-state index in [1.54, 1.807) is 0 Å². The van der Waals surface area contributed by atoms with Crippen LogP contribution in [-0.2, 0) is 4.79 Å². The van der Waals surface area contributed by atoms with E-state index in [0.717, 1.165) is 0 Å². The van der Waals surface area contributed by atoms with E-state index >= 15 is 0 Å². The van der Waals surface area contributed by atoms with Gasteiger partial charge in [0.1, 0.15) is 0 Å². The molecule has 0 aromatic rings. The minimum absolute atomic E-state index is 0.240. The third-order valence-electron chi connectivity index (χ3n) is 4.83. The fourth-order valence-electron chi connectivity index (χ4n) is 3.25. The molecule has 3 heteroatoms. The molecule has 0 aliphatic rings. The molecule has 0 heterocycles. The zero-order valence-electron chi connectivity index (χ0n) is 16.5. The highest BCUT2D eigenvalue weighted by molar-refractivity contribution is 5.66. The van der Waals surface area contributed by atoms with Gasteiger partial charge in [0.15, 0.2) is 0 Å². The lowest BCUT2D eigenvalue weighted by Gasteiger charge is -2.18. The minimum Gasteiger partial charge on any atom is -0.481 e. The van der Waals surface area contributed by atoms with E-state index in [2.05, 4.69) is 19.2 Å². The van der Waals surface area contributed by atoms with Crippen molar-refractivity contribution in [1.29, 1.82) is 0 Å². The molecule has 0 amide bonds. The molecule has 2 N–H and O–H groups in total. The number of carbonyl (C=O) groups is 1. The van der Waals surface area contributed by atoms with Crippen LogP contribution in [-0.4, -0.2) is 23.7 Å². The molecule has 144 valence electrons. The molecule has 0 radical (unpaired) electrons. The van der Waals surface area contributed by atoms with Crippen LogP contribution in [0.5, 0.6) is 0 Å². The summed E-state index contributed by atoms with van der Waals surface area (Å²) in [6.45, 7) is 5.13. The van der Waals surface area contributed by atoms with E-state index in [1.165, 1.54) is 96.3 Å². The maximum atomic E-state index is 10.7. The Labute approximate surface area is 151 Å². The summed E-state index contributed by atoms with van der Waals surface area (Å²) in [6.07, 6.45) is 20.1. The number of carboxylic acid groups (broad SMARTS) is 1. The molecule has 0 saturated carbocycles. The van der Waals surface area contributed by atoms with Crippen LogP contribution in [0.15, 0.2) is 0 Å². The van der Waals surface area contributed by atoms with Crippen molar-refractivity contribution in [3.05, 3.63) is 0 Å². The molecule has 0 rings (SSSR count). The van der Waals surface area contributed by atoms with Gasteiger partial charge in [0.25, 0.3) is 0 Å². The van der Waals surface area contributed by atoms with Crippen LogP contribution in [0, 0.1) is 0 Å². The number of carboxylic acids is 1. The Bertz CT molecular complexity index is 269. The maximum Gasteiger partial charge on any atom is 0.304 e. The van der Waals surface area contributed by atoms with Gasteiger partial charge in [0, 0.05) is 12.6 Å². The second-order valence-electron chi connectivity index (χ2n) is 7.26. The molecule has 0 saturated heterocycles. The van der Waals surface area contributed by atoms with Gasteiger partial charge in [-0.2, -0.15) is 0 Å². The van der Waals surface area contributed by atoms with Crippen molar-refractivity contribution in [2.75, 3.05) is 6.54 Å². The average molecular weight is 342 g/mol. The molecule has 0 aliphatic carbocycles. The average Bonchev–Trinajstić information content (AvgIpc) is 2.56. The largest absolute Gasteiger partial charge is 0.481 e. The second kappa shape index (κ2) is 18.8. The van der Waals surface area contributed by atoms with Crippen molar-refractivity contribution in [2.24, 2.45) is 0 Å². The van der Waals surface area contributed by atoms with Gasteiger partial charge >= 0.3 is 5.97 Å². The summed E-state index contributed by atoms with van der Waals surface area (Å²) >= 11 is 0. The summed E-state index contributed by atoms with van der Waals surface area (Å²) in [5.41, 5.74) is 0. The first-order chi connectivity index (χ1) is 11.7. The molecule has 3 nitrogen and oxygen atoms in total. The van der Waals surface area contributed by atoms with E-state index in [-0.39, 0.29) is 6.42 Å². The van der Waals surface area contributed by atoms with Crippen LogP contribution in [0.3, 0.4) is 0 Å². The predicted octanol–water partition coefficient (Wildman–Crippen LogP) is 6.31. The lowest BCUT2D eigenvalue weighted by atomic mass is 10.00. The Morgan fingerprint density at radius 1 is 0.750 bits per heavy atom. The van der Waals surface area contributed by atoms with Gasteiger partial charge in [-0.3, -0.25) is 4.79 Å². The molecular weight excluding hydrogens is 298 g/mol. The number of unbranched alkanes of at least 4 members (excludes halogenated alkanes) is 11. The first-order valence-corrected chi connectivity index (χ1v) is 10.7. The van der Waals surface area contributed by atoms with Crippen LogP contribution in [0.1, 0.15) is 117 Å². The van der Waals surface area contributed by atoms with Gasteiger partial charge in [-0.1, -0.05) is 97.3 Å². The number of hydrogen-bond donors (Lipinski definition) is 2. The zero-order chi connectivity index (χ0) is 17.9. The first-order valence-electron chi connectivity index (χ1n) is 10.7. The summed E-state index contributed by atoms with van der Waals surface area (Å²) in [6, 6.07) is 0.520. The van der Waals surface area contributed by atoms with E-state index in [0.29, 0.717) is 12.6 Å². The third kappa shape index (κ3) is 17.8. The standard InChI is InChI=1S/C21H43NO2/c1-3-5-7-9-11-13-15-17-20(22-19-18-21(23)24)16-14-12-10-8-6-4-2/h20,22H,3-19H2,1-2H3,(H,23,24). The van der Waals surface area contributed by atoms with Crippen molar-refractivity contribution < 1.29 is 9.90 Å². The van der Waals surface area contributed by atoms with Gasteiger partial charge < -0.3 is 10.4 Å². The zero-order valence-corrected chi connectivity index (χ0v) is 16.5. The second-order valence-corrected chi connectivity index (χ2v) is 7.26. The fraction of sp³-hybridized carbons (Fsp3) is 0.952. The number of aliphatic carboxylic acids is 1. The van der Waals surface area contributed by atoms with Crippen LogP contribution >= 0.6 is 0 Å². The van der Waals surface area contributed by atoms with Crippen molar-refractivity contribution in [3.8, 4) is 0 Å². The molecule has 1 atom stereocenters. The maximum absolute atomic E-state index is 10.7. The monoisotopic (exact) mass is 341 g/mol. The summed E-state index contributed by atoms with van der Waals surface area (Å²) in [5, 5.41) is 12.3. The quantitative estimate of drug-likeness (QED) is 0.271. The van der Waals surface area contributed by atoms with E-state index in [1.807, 2.05) is 0 Å². The summed E-state index contributed by atoms with van der Waals surface area (Å²) in [7, 11) is 0. The van der Waals surface area contributed by atoms with E-state index in [4.69, 9.17) is 5.11 Å². The topological polar surface area (TPSA) is 49.3 Å². The Hall–Kier alpha value is -0.570. The highest BCUT2D eigenvalue weighted by Gasteiger charge is 2.08. The number of nitrogens with one attached hydrogen (secondary N) is 1. The lowest BCUT2D eigenvalue weighted by Crippen LogP contribution is -2.31. The Balaban J connectivity index is 3.76. The Morgan fingerprint density at radius 2 is 1.17 bits per heavy atom.